The first-order valence-corrected chi connectivity index (χ1v) is 7.40. The van der Waals surface area contributed by atoms with E-state index in [9.17, 15) is 4.39 Å². The molecule has 0 atom stereocenters. The van der Waals surface area contributed by atoms with Crippen molar-refractivity contribution in [3.8, 4) is 5.75 Å². The quantitative estimate of drug-likeness (QED) is 0.627. The topological polar surface area (TPSA) is 34.5 Å². The highest BCUT2D eigenvalue weighted by atomic mass is 35.5. The van der Waals surface area contributed by atoms with E-state index in [1.807, 2.05) is 37.3 Å². The number of methoxy groups -OCH3 is 1. The Balaban J connectivity index is 2.06. The van der Waals surface area contributed by atoms with Crippen molar-refractivity contribution in [2.45, 2.75) is 6.92 Å². The van der Waals surface area contributed by atoms with Gasteiger partial charge in [-0.3, -0.25) is 9.98 Å². The number of rotatable bonds is 3. The van der Waals surface area contributed by atoms with Crippen LogP contribution in [0, 0.1) is 12.7 Å². The predicted octanol–water partition coefficient (Wildman–Crippen LogP) is 5.09. The molecule has 0 fully saturated rings. The molecule has 0 aliphatic heterocycles. The Labute approximate surface area is 138 Å². The van der Waals surface area contributed by atoms with Gasteiger partial charge in [0, 0.05) is 22.9 Å². The molecule has 1 heterocycles. The molecule has 0 bridgehead atoms. The van der Waals surface area contributed by atoms with Gasteiger partial charge in [0.2, 0.25) is 0 Å². The molecule has 0 aliphatic rings. The Kier molecular flexibility index (Phi) is 4.26. The van der Waals surface area contributed by atoms with Gasteiger partial charge in [0.05, 0.1) is 23.3 Å². The number of hydrogen-bond acceptors (Lipinski definition) is 3. The van der Waals surface area contributed by atoms with E-state index in [0.717, 1.165) is 22.3 Å². The number of ether oxygens (including phenoxy) is 1. The van der Waals surface area contributed by atoms with Gasteiger partial charge in [0.1, 0.15) is 0 Å². The lowest BCUT2D eigenvalue weighted by Gasteiger charge is -2.07. The van der Waals surface area contributed by atoms with E-state index >= 15 is 0 Å². The van der Waals surface area contributed by atoms with E-state index in [1.54, 1.807) is 12.3 Å². The zero-order valence-electron chi connectivity index (χ0n) is 12.7. The van der Waals surface area contributed by atoms with Gasteiger partial charge < -0.3 is 4.74 Å². The Morgan fingerprint density at radius 1 is 1.17 bits per heavy atom. The molecule has 23 heavy (non-hydrogen) atoms. The molecule has 116 valence electrons. The lowest BCUT2D eigenvalue weighted by atomic mass is 10.1. The van der Waals surface area contributed by atoms with Gasteiger partial charge in [0.25, 0.3) is 0 Å². The molecule has 2 aromatic carbocycles. The van der Waals surface area contributed by atoms with Crippen LogP contribution < -0.4 is 4.74 Å². The number of aromatic nitrogens is 1. The van der Waals surface area contributed by atoms with Crippen molar-refractivity contribution in [3.63, 3.8) is 0 Å². The Hall–Kier alpha value is -2.46. The van der Waals surface area contributed by atoms with E-state index in [-0.39, 0.29) is 10.8 Å². The van der Waals surface area contributed by atoms with Crippen LogP contribution in [0.5, 0.6) is 5.75 Å². The van der Waals surface area contributed by atoms with Crippen LogP contribution in [0.4, 0.5) is 10.1 Å². The molecule has 3 nitrogen and oxygen atoms in total. The molecule has 5 heteroatoms. The van der Waals surface area contributed by atoms with Crippen molar-refractivity contribution in [1.82, 2.24) is 4.98 Å². The van der Waals surface area contributed by atoms with Gasteiger partial charge in [-0.15, -0.1) is 0 Å². The average molecular weight is 329 g/mol. The van der Waals surface area contributed by atoms with Crippen LogP contribution in [0.15, 0.2) is 47.5 Å². The smallest absolute Gasteiger partial charge is 0.184 e. The maximum Gasteiger partial charge on any atom is 0.184 e. The molecular weight excluding hydrogens is 315 g/mol. The number of pyridine rings is 1. The molecule has 0 amide bonds. The standard InChI is InChI=1S/C18H14ClFN2O/c1-11-6-8-13-15(4-3-5-16(13)22-11)21-10-12-7-9-14(19)17(20)18(12)23-2/h3-10H,1-2H3/b21-10-. The fourth-order valence-corrected chi connectivity index (χ4v) is 2.50. The van der Waals surface area contributed by atoms with Gasteiger partial charge in [0.15, 0.2) is 11.6 Å². The highest BCUT2D eigenvalue weighted by molar-refractivity contribution is 6.31. The zero-order valence-corrected chi connectivity index (χ0v) is 13.4. The summed E-state index contributed by atoms with van der Waals surface area (Å²) in [4.78, 5) is 8.93. The van der Waals surface area contributed by atoms with Crippen LogP contribution in [0.3, 0.4) is 0 Å². The molecule has 1 aromatic heterocycles. The highest BCUT2D eigenvalue weighted by Gasteiger charge is 2.11. The van der Waals surface area contributed by atoms with E-state index in [1.165, 1.54) is 13.2 Å². The summed E-state index contributed by atoms with van der Waals surface area (Å²) in [6, 6.07) is 12.8. The largest absolute Gasteiger partial charge is 0.493 e. The SMILES string of the molecule is COc1c(/C=N\c2cccc3nc(C)ccc23)ccc(Cl)c1F. The third-order valence-electron chi connectivity index (χ3n) is 3.48. The molecule has 0 radical (unpaired) electrons. The van der Waals surface area contributed by atoms with E-state index in [4.69, 9.17) is 16.3 Å². The van der Waals surface area contributed by atoms with Gasteiger partial charge in [-0.25, -0.2) is 4.39 Å². The first-order chi connectivity index (χ1) is 11.1. The number of nitrogens with zero attached hydrogens (tertiary/aromatic N) is 2. The number of benzene rings is 2. The van der Waals surface area contributed by atoms with Crippen molar-refractivity contribution < 1.29 is 9.13 Å². The third kappa shape index (κ3) is 3.03. The highest BCUT2D eigenvalue weighted by Crippen LogP contribution is 2.29. The second-order valence-electron chi connectivity index (χ2n) is 5.04. The summed E-state index contributed by atoms with van der Waals surface area (Å²) in [7, 11) is 1.40. The van der Waals surface area contributed by atoms with Gasteiger partial charge >= 0.3 is 0 Å². The molecule has 0 saturated carbocycles. The Bertz CT molecular complexity index is 909. The summed E-state index contributed by atoms with van der Waals surface area (Å²) in [6.07, 6.45) is 1.56. The van der Waals surface area contributed by atoms with Gasteiger partial charge in [-0.2, -0.15) is 0 Å². The minimum absolute atomic E-state index is 0.0174. The first-order valence-electron chi connectivity index (χ1n) is 7.02. The summed E-state index contributed by atoms with van der Waals surface area (Å²) in [6.45, 7) is 1.94. The van der Waals surface area contributed by atoms with Crippen molar-refractivity contribution in [2.75, 3.05) is 7.11 Å². The molecule has 0 saturated heterocycles. The summed E-state index contributed by atoms with van der Waals surface area (Å²) in [5.74, 6) is -0.510. The fraction of sp³-hybridized carbons (Fsp3) is 0.111. The number of hydrogen-bond donors (Lipinski definition) is 0. The normalized spacial score (nSPS) is 11.3. The number of fused-ring (bicyclic) bond motifs is 1. The van der Waals surface area contributed by atoms with E-state index in [0.29, 0.717) is 5.56 Å². The Morgan fingerprint density at radius 2 is 2.00 bits per heavy atom. The van der Waals surface area contributed by atoms with Crippen LogP contribution >= 0.6 is 11.6 Å². The summed E-state index contributed by atoms with van der Waals surface area (Å²) < 4.78 is 19.0. The summed E-state index contributed by atoms with van der Waals surface area (Å²) >= 11 is 5.77. The van der Waals surface area contributed by atoms with Gasteiger partial charge in [-0.05, 0) is 43.3 Å². The van der Waals surface area contributed by atoms with Crippen molar-refractivity contribution in [3.05, 3.63) is 64.6 Å². The van der Waals surface area contributed by atoms with Crippen LogP contribution in [0.25, 0.3) is 10.9 Å². The number of aryl methyl sites for hydroxylation is 1. The monoisotopic (exact) mass is 328 g/mol. The lowest BCUT2D eigenvalue weighted by molar-refractivity contribution is 0.386. The van der Waals surface area contributed by atoms with Gasteiger partial charge in [-0.1, -0.05) is 17.7 Å². The number of aliphatic imine (C=N–C) groups is 1. The lowest BCUT2D eigenvalue weighted by Crippen LogP contribution is -1.95. The van der Waals surface area contributed by atoms with Crippen LogP contribution in [0.2, 0.25) is 5.02 Å². The molecule has 0 unspecified atom stereocenters. The molecule has 3 aromatic rings. The van der Waals surface area contributed by atoms with Crippen LogP contribution in [0.1, 0.15) is 11.3 Å². The molecule has 0 aliphatic carbocycles. The maximum absolute atomic E-state index is 14.0. The van der Waals surface area contributed by atoms with Crippen LogP contribution in [-0.4, -0.2) is 18.3 Å². The van der Waals surface area contributed by atoms with E-state index < -0.39 is 5.82 Å². The van der Waals surface area contributed by atoms with Crippen LogP contribution in [-0.2, 0) is 0 Å². The predicted molar refractivity (Wildman–Crippen MR) is 91.7 cm³/mol. The zero-order chi connectivity index (χ0) is 16.4. The Morgan fingerprint density at radius 3 is 2.78 bits per heavy atom. The van der Waals surface area contributed by atoms with Crippen molar-refractivity contribution in [2.24, 2.45) is 4.99 Å². The third-order valence-corrected chi connectivity index (χ3v) is 3.77. The second kappa shape index (κ2) is 6.34. The average Bonchev–Trinajstić information content (AvgIpc) is 2.55. The minimum atomic E-state index is -0.590. The molecular formula is C18H14ClFN2O. The van der Waals surface area contributed by atoms with Crippen molar-refractivity contribution >= 4 is 34.4 Å². The maximum atomic E-state index is 14.0. The number of halogens is 2. The fourth-order valence-electron chi connectivity index (χ4n) is 2.35. The molecule has 0 N–H and O–H groups in total. The second-order valence-corrected chi connectivity index (χ2v) is 5.45. The summed E-state index contributed by atoms with van der Waals surface area (Å²) in [5, 5.41) is 0.951. The van der Waals surface area contributed by atoms with E-state index in [2.05, 4.69) is 9.98 Å². The van der Waals surface area contributed by atoms with Crippen molar-refractivity contribution in [1.29, 1.82) is 0 Å². The first kappa shape index (κ1) is 15.4. The molecule has 3 rings (SSSR count). The molecule has 0 spiro atoms. The summed E-state index contributed by atoms with van der Waals surface area (Å²) in [5.41, 5.74) is 3.09. The minimum Gasteiger partial charge on any atom is -0.493 e.